The van der Waals surface area contributed by atoms with E-state index in [2.05, 4.69) is 17.6 Å². The summed E-state index contributed by atoms with van der Waals surface area (Å²) < 4.78 is 0. The summed E-state index contributed by atoms with van der Waals surface area (Å²) in [6, 6.07) is 4.52. The molecule has 2 amide bonds. The van der Waals surface area contributed by atoms with E-state index in [1.54, 1.807) is 19.1 Å². The minimum absolute atomic E-state index is 0.243. The molecular weight excluding hydrogens is 256 g/mol. The van der Waals surface area contributed by atoms with Crippen molar-refractivity contribution in [3.05, 3.63) is 29.3 Å². The zero-order valence-electron chi connectivity index (χ0n) is 11.8. The molecule has 0 unspecified atom stereocenters. The first-order valence-electron chi connectivity index (χ1n) is 6.84. The minimum Gasteiger partial charge on any atom is -0.478 e. The lowest BCUT2D eigenvalue weighted by Crippen LogP contribution is -2.33. The molecule has 1 aromatic carbocycles. The van der Waals surface area contributed by atoms with Gasteiger partial charge in [0, 0.05) is 12.2 Å². The summed E-state index contributed by atoms with van der Waals surface area (Å²) in [6.07, 6.45) is 3.44. The van der Waals surface area contributed by atoms with E-state index in [1.807, 2.05) is 0 Å². The highest BCUT2D eigenvalue weighted by Gasteiger charge is 2.40. The molecule has 5 nitrogen and oxygen atoms in total. The van der Waals surface area contributed by atoms with Crippen molar-refractivity contribution in [3.8, 4) is 0 Å². The monoisotopic (exact) mass is 276 g/mol. The number of hydrogen-bond acceptors (Lipinski definition) is 2. The van der Waals surface area contributed by atoms with Crippen LogP contribution in [0.25, 0.3) is 0 Å². The second-order valence-corrected chi connectivity index (χ2v) is 5.50. The predicted molar refractivity (Wildman–Crippen MR) is 77.1 cm³/mol. The highest BCUT2D eigenvalue weighted by molar-refractivity contribution is 5.92. The molecule has 1 fully saturated rings. The summed E-state index contributed by atoms with van der Waals surface area (Å²) >= 11 is 0. The average Bonchev–Trinajstić information content (AvgIpc) is 3.17. The fourth-order valence-corrected chi connectivity index (χ4v) is 2.26. The molecule has 0 spiro atoms. The molecular formula is C15H20N2O3. The second-order valence-electron chi connectivity index (χ2n) is 5.50. The SMILES string of the molecule is CCC1(CNC(=O)Nc2ccc(C(=O)O)c(C)c2)CC1. The van der Waals surface area contributed by atoms with Crippen LogP contribution in [0.5, 0.6) is 0 Å². The quantitative estimate of drug-likeness (QED) is 0.773. The third-order valence-corrected chi connectivity index (χ3v) is 4.05. The molecule has 1 aromatic rings. The van der Waals surface area contributed by atoms with Crippen LogP contribution in [0.4, 0.5) is 10.5 Å². The van der Waals surface area contributed by atoms with Crippen LogP contribution in [0.3, 0.4) is 0 Å². The van der Waals surface area contributed by atoms with Crippen molar-refractivity contribution in [2.24, 2.45) is 5.41 Å². The number of carbonyl (C=O) groups excluding carboxylic acids is 1. The highest BCUT2D eigenvalue weighted by Crippen LogP contribution is 2.47. The maximum atomic E-state index is 11.8. The predicted octanol–water partition coefficient (Wildman–Crippen LogP) is 3.00. The van der Waals surface area contributed by atoms with Crippen molar-refractivity contribution in [1.29, 1.82) is 0 Å². The molecule has 0 atom stereocenters. The average molecular weight is 276 g/mol. The topological polar surface area (TPSA) is 78.4 Å². The third kappa shape index (κ3) is 3.29. The van der Waals surface area contributed by atoms with Gasteiger partial charge in [-0.3, -0.25) is 0 Å². The molecule has 1 aliphatic rings. The van der Waals surface area contributed by atoms with Crippen LogP contribution in [-0.4, -0.2) is 23.7 Å². The van der Waals surface area contributed by atoms with E-state index < -0.39 is 5.97 Å². The van der Waals surface area contributed by atoms with Gasteiger partial charge in [0.1, 0.15) is 0 Å². The first-order valence-corrected chi connectivity index (χ1v) is 6.84. The van der Waals surface area contributed by atoms with E-state index >= 15 is 0 Å². The zero-order valence-corrected chi connectivity index (χ0v) is 11.8. The van der Waals surface area contributed by atoms with Crippen molar-refractivity contribution in [3.63, 3.8) is 0 Å². The van der Waals surface area contributed by atoms with Crippen molar-refractivity contribution >= 4 is 17.7 Å². The van der Waals surface area contributed by atoms with Gasteiger partial charge in [0.2, 0.25) is 0 Å². The molecule has 0 radical (unpaired) electrons. The van der Waals surface area contributed by atoms with Gasteiger partial charge in [0.25, 0.3) is 0 Å². The Labute approximate surface area is 118 Å². The standard InChI is InChI=1S/C15H20N2O3/c1-3-15(6-7-15)9-16-14(20)17-11-4-5-12(13(18)19)10(2)8-11/h4-5,8H,3,6-7,9H2,1-2H3,(H,18,19)(H2,16,17,20). The lowest BCUT2D eigenvalue weighted by atomic mass is 10.0. The Bertz CT molecular complexity index is 536. The van der Waals surface area contributed by atoms with E-state index in [4.69, 9.17) is 5.11 Å². The Morgan fingerprint density at radius 3 is 2.55 bits per heavy atom. The number of hydrogen-bond donors (Lipinski definition) is 3. The molecule has 0 saturated heterocycles. The number of amides is 2. The number of carbonyl (C=O) groups is 2. The largest absolute Gasteiger partial charge is 0.478 e. The molecule has 5 heteroatoms. The minimum atomic E-state index is -0.961. The summed E-state index contributed by atoms with van der Waals surface area (Å²) in [5.41, 5.74) is 1.79. The van der Waals surface area contributed by atoms with Crippen molar-refractivity contribution in [1.82, 2.24) is 5.32 Å². The van der Waals surface area contributed by atoms with Gasteiger partial charge in [0.15, 0.2) is 0 Å². The van der Waals surface area contributed by atoms with Gasteiger partial charge in [-0.2, -0.15) is 0 Å². The van der Waals surface area contributed by atoms with Gasteiger partial charge in [-0.15, -0.1) is 0 Å². The van der Waals surface area contributed by atoms with Crippen LogP contribution in [-0.2, 0) is 0 Å². The molecule has 108 valence electrons. The van der Waals surface area contributed by atoms with E-state index in [0.717, 1.165) is 6.42 Å². The number of carboxylic acid groups (broad SMARTS) is 1. The number of aromatic carboxylic acids is 1. The number of aryl methyl sites for hydroxylation is 1. The fraction of sp³-hybridized carbons (Fsp3) is 0.467. The van der Waals surface area contributed by atoms with Crippen molar-refractivity contribution < 1.29 is 14.7 Å². The first kappa shape index (κ1) is 14.4. The molecule has 2 rings (SSSR count). The molecule has 0 heterocycles. The van der Waals surface area contributed by atoms with Gasteiger partial charge in [0.05, 0.1) is 5.56 Å². The van der Waals surface area contributed by atoms with Crippen LogP contribution in [0.2, 0.25) is 0 Å². The number of carboxylic acids is 1. The maximum Gasteiger partial charge on any atom is 0.335 e. The van der Waals surface area contributed by atoms with Gasteiger partial charge in [-0.25, -0.2) is 9.59 Å². The summed E-state index contributed by atoms with van der Waals surface area (Å²) in [6.45, 7) is 4.55. The number of anilines is 1. The lowest BCUT2D eigenvalue weighted by Gasteiger charge is -2.14. The van der Waals surface area contributed by atoms with E-state index in [9.17, 15) is 9.59 Å². The highest BCUT2D eigenvalue weighted by atomic mass is 16.4. The van der Waals surface area contributed by atoms with Gasteiger partial charge < -0.3 is 15.7 Å². The number of nitrogens with one attached hydrogen (secondary N) is 2. The molecule has 0 bridgehead atoms. The molecule has 1 aliphatic carbocycles. The molecule has 1 saturated carbocycles. The zero-order chi connectivity index (χ0) is 14.8. The summed E-state index contributed by atoms with van der Waals surface area (Å²) in [5, 5.41) is 14.6. The number of urea groups is 1. The normalized spacial score (nSPS) is 15.5. The van der Waals surface area contributed by atoms with Crippen molar-refractivity contribution in [2.75, 3.05) is 11.9 Å². The molecule has 0 aliphatic heterocycles. The lowest BCUT2D eigenvalue weighted by molar-refractivity contribution is 0.0696. The molecule has 0 aromatic heterocycles. The van der Waals surface area contributed by atoms with Gasteiger partial charge >= 0.3 is 12.0 Å². The summed E-state index contributed by atoms with van der Waals surface area (Å²) in [7, 11) is 0. The van der Waals surface area contributed by atoms with Crippen LogP contribution < -0.4 is 10.6 Å². The van der Waals surface area contributed by atoms with Crippen LogP contribution >= 0.6 is 0 Å². The van der Waals surface area contributed by atoms with Crippen LogP contribution in [0.15, 0.2) is 18.2 Å². The smallest absolute Gasteiger partial charge is 0.335 e. The summed E-state index contributed by atoms with van der Waals surface area (Å²) in [4.78, 5) is 22.7. The Morgan fingerprint density at radius 2 is 2.05 bits per heavy atom. The Hall–Kier alpha value is -2.04. The maximum absolute atomic E-state index is 11.8. The Kier molecular flexibility index (Phi) is 3.97. The number of rotatable bonds is 5. The summed E-state index contributed by atoms with van der Waals surface area (Å²) in [5.74, 6) is -0.961. The van der Waals surface area contributed by atoms with E-state index in [1.165, 1.54) is 18.9 Å². The third-order valence-electron chi connectivity index (χ3n) is 4.05. The van der Waals surface area contributed by atoms with Gasteiger partial charge in [-0.05, 0) is 55.4 Å². The molecule has 3 N–H and O–H groups in total. The fourth-order valence-electron chi connectivity index (χ4n) is 2.26. The van der Waals surface area contributed by atoms with Crippen LogP contribution in [0, 0.1) is 12.3 Å². The Balaban J connectivity index is 1.91. The van der Waals surface area contributed by atoms with E-state index in [-0.39, 0.29) is 11.6 Å². The second kappa shape index (κ2) is 5.53. The van der Waals surface area contributed by atoms with E-state index in [0.29, 0.717) is 23.2 Å². The first-order chi connectivity index (χ1) is 9.46. The Morgan fingerprint density at radius 1 is 1.35 bits per heavy atom. The molecule has 20 heavy (non-hydrogen) atoms. The van der Waals surface area contributed by atoms with Gasteiger partial charge in [-0.1, -0.05) is 6.92 Å². The van der Waals surface area contributed by atoms with Crippen LogP contribution in [0.1, 0.15) is 42.1 Å². The number of benzene rings is 1. The van der Waals surface area contributed by atoms with Crippen molar-refractivity contribution in [2.45, 2.75) is 33.1 Å².